The Kier molecular flexibility index (Phi) is 4.51. The molecule has 7 heteroatoms. The van der Waals surface area contributed by atoms with E-state index < -0.39 is 0 Å². The third kappa shape index (κ3) is 3.57. The van der Waals surface area contributed by atoms with Crippen molar-refractivity contribution in [3.63, 3.8) is 0 Å². The predicted molar refractivity (Wildman–Crippen MR) is 76.5 cm³/mol. The zero-order chi connectivity index (χ0) is 15.2. The van der Waals surface area contributed by atoms with Gasteiger partial charge < -0.3 is 14.8 Å². The van der Waals surface area contributed by atoms with E-state index in [0.29, 0.717) is 23.8 Å². The minimum atomic E-state index is 0.107. The van der Waals surface area contributed by atoms with Gasteiger partial charge in [-0.15, -0.1) is 4.98 Å². The second-order valence-electron chi connectivity index (χ2n) is 4.15. The van der Waals surface area contributed by atoms with Gasteiger partial charge in [0.2, 0.25) is 5.95 Å². The molecule has 1 aromatic heterocycles. The summed E-state index contributed by atoms with van der Waals surface area (Å²) >= 11 is 0. The summed E-state index contributed by atoms with van der Waals surface area (Å²) < 4.78 is 10.7. The van der Waals surface area contributed by atoms with Gasteiger partial charge in [-0.1, -0.05) is 6.07 Å². The van der Waals surface area contributed by atoms with Crippen molar-refractivity contribution in [1.29, 1.82) is 5.26 Å². The number of aromatic nitrogens is 3. The lowest BCUT2D eigenvalue weighted by molar-refractivity contribution is 0.359. The smallest absolute Gasteiger partial charge is 0.330 e. The van der Waals surface area contributed by atoms with Crippen LogP contribution in [-0.4, -0.2) is 28.6 Å². The van der Waals surface area contributed by atoms with Crippen molar-refractivity contribution in [2.75, 3.05) is 19.0 Å². The van der Waals surface area contributed by atoms with Crippen LogP contribution in [0.5, 0.6) is 17.8 Å². The van der Waals surface area contributed by atoms with E-state index in [1.807, 2.05) is 13.8 Å². The summed E-state index contributed by atoms with van der Waals surface area (Å²) in [5.74, 6) is 0.887. The lowest BCUT2D eigenvalue weighted by atomic mass is 10.1. The quantitative estimate of drug-likeness (QED) is 0.900. The van der Waals surface area contributed by atoms with E-state index in [2.05, 4.69) is 26.3 Å². The van der Waals surface area contributed by atoms with Crippen molar-refractivity contribution in [3.05, 3.63) is 29.3 Å². The van der Waals surface area contributed by atoms with E-state index in [4.69, 9.17) is 14.7 Å². The topological polar surface area (TPSA) is 93.0 Å². The van der Waals surface area contributed by atoms with Crippen molar-refractivity contribution in [2.45, 2.75) is 13.8 Å². The normalized spacial score (nSPS) is 9.81. The average Bonchev–Trinajstić information content (AvgIpc) is 2.49. The highest BCUT2D eigenvalue weighted by Gasteiger charge is 2.10. The van der Waals surface area contributed by atoms with E-state index in [0.717, 1.165) is 5.56 Å². The molecule has 0 aliphatic carbocycles. The first kappa shape index (κ1) is 14.5. The first-order valence-electron chi connectivity index (χ1n) is 6.38. The summed E-state index contributed by atoms with van der Waals surface area (Å²) in [6.45, 7) is 4.47. The molecule has 108 valence electrons. The number of ether oxygens (including phenoxy) is 2. The van der Waals surface area contributed by atoms with Gasteiger partial charge in [0, 0.05) is 6.54 Å². The number of nitriles is 1. The Balaban J connectivity index is 2.34. The third-order valence-corrected chi connectivity index (χ3v) is 2.63. The van der Waals surface area contributed by atoms with Crippen LogP contribution in [0.4, 0.5) is 5.95 Å². The highest BCUT2D eigenvalue weighted by Crippen LogP contribution is 2.25. The summed E-state index contributed by atoms with van der Waals surface area (Å²) in [5.41, 5.74) is 1.38. The Labute approximate surface area is 122 Å². The zero-order valence-corrected chi connectivity index (χ0v) is 12.0. The first-order valence-corrected chi connectivity index (χ1v) is 6.38. The molecule has 1 aromatic carbocycles. The Morgan fingerprint density at radius 3 is 2.67 bits per heavy atom. The lowest BCUT2D eigenvalue weighted by Crippen LogP contribution is -2.06. The van der Waals surface area contributed by atoms with Crippen LogP contribution in [0.25, 0.3) is 0 Å². The van der Waals surface area contributed by atoms with E-state index in [1.54, 1.807) is 18.2 Å². The van der Waals surface area contributed by atoms with Crippen molar-refractivity contribution in [2.24, 2.45) is 0 Å². The summed E-state index contributed by atoms with van der Waals surface area (Å²) in [7, 11) is 1.47. The molecule has 21 heavy (non-hydrogen) atoms. The molecule has 0 saturated carbocycles. The molecule has 0 unspecified atom stereocenters. The minimum Gasteiger partial charge on any atom is -0.467 e. The van der Waals surface area contributed by atoms with Crippen LogP contribution in [0.2, 0.25) is 0 Å². The Morgan fingerprint density at radius 1 is 1.24 bits per heavy atom. The summed E-state index contributed by atoms with van der Waals surface area (Å²) in [6, 6.07) is 7.49. The molecule has 2 rings (SSSR count). The van der Waals surface area contributed by atoms with Crippen molar-refractivity contribution in [1.82, 2.24) is 15.0 Å². The molecule has 2 aromatic rings. The molecule has 0 fully saturated rings. The lowest BCUT2D eigenvalue weighted by Gasteiger charge is -2.09. The summed E-state index contributed by atoms with van der Waals surface area (Å²) in [4.78, 5) is 12.2. The standard InChI is InChI=1S/C14H15N5O2/c1-4-16-12-17-13(20-3)19-14(18-12)21-11-7-10(8-15)6-5-9(11)2/h5-7H,4H2,1-3H3,(H,16,17,18,19). The predicted octanol–water partition coefficient (Wildman–Crippen LogP) is 2.28. The Hall–Kier alpha value is -2.88. The number of hydrogen-bond acceptors (Lipinski definition) is 7. The van der Waals surface area contributed by atoms with Crippen molar-refractivity contribution >= 4 is 5.95 Å². The first-order chi connectivity index (χ1) is 10.2. The molecule has 0 saturated heterocycles. The average molecular weight is 285 g/mol. The Morgan fingerprint density at radius 2 is 2.00 bits per heavy atom. The molecule has 1 N–H and O–H groups in total. The van der Waals surface area contributed by atoms with Gasteiger partial charge in [-0.25, -0.2) is 0 Å². The zero-order valence-electron chi connectivity index (χ0n) is 12.0. The maximum atomic E-state index is 8.94. The van der Waals surface area contributed by atoms with Gasteiger partial charge in [0.25, 0.3) is 0 Å². The molecule has 0 atom stereocenters. The number of rotatable bonds is 5. The maximum Gasteiger partial charge on any atom is 0.330 e. The number of anilines is 1. The van der Waals surface area contributed by atoms with Gasteiger partial charge in [-0.3, -0.25) is 0 Å². The summed E-state index contributed by atoms with van der Waals surface area (Å²) in [5, 5.41) is 11.9. The maximum absolute atomic E-state index is 8.94. The molecule has 0 amide bonds. The van der Waals surface area contributed by atoms with Crippen LogP contribution in [-0.2, 0) is 0 Å². The van der Waals surface area contributed by atoms with Gasteiger partial charge in [-0.2, -0.15) is 15.2 Å². The number of benzene rings is 1. The molecule has 0 bridgehead atoms. The second-order valence-corrected chi connectivity index (χ2v) is 4.15. The van der Waals surface area contributed by atoms with E-state index in [9.17, 15) is 0 Å². The Bertz CT molecular complexity index is 682. The number of aryl methyl sites for hydroxylation is 1. The number of nitrogens with one attached hydrogen (secondary N) is 1. The number of hydrogen-bond donors (Lipinski definition) is 1. The van der Waals surface area contributed by atoms with E-state index in [1.165, 1.54) is 7.11 Å². The van der Waals surface area contributed by atoms with Crippen LogP contribution in [0.1, 0.15) is 18.1 Å². The van der Waals surface area contributed by atoms with Gasteiger partial charge in [0.05, 0.1) is 18.7 Å². The molecular formula is C14H15N5O2. The monoisotopic (exact) mass is 285 g/mol. The molecule has 0 aliphatic rings. The van der Waals surface area contributed by atoms with Crippen LogP contribution in [0.15, 0.2) is 18.2 Å². The van der Waals surface area contributed by atoms with Crippen LogP contribution < -0.4 is 14.8 Å². The molecule has 0 aliphatic heterocycles. The largest absolute Gasteiger partial charge is 0.467 e. The van der Waals surface area contributed by atoms with Crippen LogP contribution in [0, 0.1) is 18.3 Å². The van der Waals surface area contributed by atoms with Crippen molar-refractivity contribution < 1.29 is 9.47 Å². The second kappa shape index (κ2) is 6.52. The van der Waals surface area contributed by atoms with E-state index in [-0.39, 0.29) is 12.0 Å². The number of methoxy groups -OCH3 is 1. The molecule has 7 nitrogen and oxygen atoms in total. The van der Waals surface area contributed by atoms with Crippen LogP contribution in [0.3, 0.4) is 0 Å². The summed E-state index contributed by atoms with van der Waals surface area (Å²) in [6.07, 6.45) is 0. The van der Waals surface area contributed by atoms with Gasteiger partial charge in [0.1, 0.15) is 5.75 Å². The van der Waals surface area contributed by atoms with Gasteiger partial charge >= 0.3 is 12.0 Å². The fourth-order valence-corrected chi connectivity index (χ4v) is 1.59. The molecular weight excluding hydrogens is 270 g/mol. The molecule has 0 radical (unpaired) electrons. The van der Waals surface area contributed by atoms with Crippen LogP contribution >= 0.6 is 0 Å². The van der Waals surface area contributed by atoms with E-state index >= 15 is 0 Å². The fraction of sp³-hybridized carbons (Fsp3) is 0.286. The van der Waals surface area contributed by atoms with Gasteiger partial charge in [0.15, 0.2) is 0 Å². The highest BCUT2D eigenvalue weighted by atomic mass is 16.5. The molecule has 1 heterocycles. The highest BCUT2D eigenvalue weighted by molar-refractivity contribution is 5.43. The SMILES string of the molecule is CCNc1nc(OC)nc(Oc2cc(C#N)ccc2C)n1. The molecule has 0 spiro atoms. The number of nitrogens with zero attached hydrogens (tertiary/aromatic N) is 4. The third-order valence-electron chi connectivity index (χ3n) is 2.63. The van der Waals surface area contributed by atoms with Crippen molar-refractivity contribution in [3.8, 4) is 23.8 Å². The fourth-order valence-electron chi connectivity index (χ4n) is 1.59. The minimum absolute atomic E-state index is 0.107. The van der Waals surface area contributed by atoms with Gasteiger partial charge in [-0.05, 0) is 31.5 Å².